The van der Waals surface area contributed by atoms with Crippen LogP contribution in [-0.4, -0.2) is 0 Å². The molecule has 0 saturated heterocycles. The molecule has 1 aromatic carbocycles. The first-order valence-corrected chi connectivity index (χ1v) is 9.79. The highest BCUT2D eigenvalue weighted by Crippen LogP contribution is 2.62. The molecule has 2 N–H and O–H groups in total. The number of benzene rings is 1. The van der Waals surface area contributed by atoms with E-state index in [9.17, 15) is 0 Å². The summed E-state index contributed by atoms with van der Waals surface area (Å²) in [5.74, 6) is 9.03. The molecule has 3 aliphatic carbocycles. The van der Waals surface area contributed by atoms with Crippen molar-refractivity contribution in [1.29, 1.82) is 0 Å². The number of fused-ring (bicyclic) bond motifs is 5. The average molecular weight is 349 g/mol. The summed E-state index contributed by atoms with van der Waals surface area (Å²) >= 11 is 0.745. The van der Waals surface area contributed by atoms with Gasteiger partial charge >= 0.3 is 0 Å². The zero-order valence-electron chi connectivity index (χ0n) is 14.5. The van der Waals surface area contributed by atoms with E-state index < -0.39 is 0 Å². The molecule has 0 radical (unpaired) electrons. The maximum atomic E-state index is 5.44. The molecule has 24 heavy (non-hydrogen) atoms. The standard InChI is InChI=1S/C19H27NO3S/c1-12-3-8-18-17-6-4-13-11-14(21-24-23-22-20)5-7-15(13)16(17)9-10-19(12,18)2/h5,7,11-12,16-18H,3-4,6,8-10,20H2,1-2H3/t12-,16?,17?,18?,19?/m0/s1. The predicted octanol–water partition coefficient (Wildman–Crippen LogP) is 4.94. The van der Waals surface area contributed by atoms with Crippen molar-refractivity contribution < 1.29 is 13.5 Å². The Hall–Kier alpha value is -0.750. The Kier molecular flexibility index (Phi) is 4.54. The van der Waals surface area contributed by atoms with Gasteiger partial charge in [-0.1, -0.05) is 19.9 Å². The SMILES string of the molecule is C[C@H]1CCC2C3CCc4cc(OSOON)ccc4C3CCC21C. The summed E-state index contributed by atoms with van der Waals surface area (Å²) in [6, 6.07) is 6.47. The van der Waals surface area contributed by atoms with Crippen LogP contribution in [0.5, 0.6) is 5.75 Å². The predicted molar refractivity (Wildman–Crippen MR) is 94.8 cm³/mol. The van der Waals surface area contributed by atoms with Crippen LogP contribution in [0.25, 0.3) is 0 Å². The summed E-state index contributed by atoms with van der Waals surface area (Å²) < 4.78 is 9.95. The van der Waals surface area contributed by atoms with Crippen LogP contribution in [0.3, 0.4) is 0 Å². The second kappa shape index (κ2) is 6.52. The van der Waals surface area contributed by atoms with E-state index in [4.69, 9.17) is 10.1 Å². The molecule has 0 aliphatic heterocycles. The van der Waals surface area contributed by atoms with E-state index >= 15 is 0 Å². The third kappa shape index (κ3) is 2.66. The average Bonchev–Trinajstić information content (AvgIpc) is 2.90. The van der Waals surface area contributed by atoms with Crippen LogP contribution in [0.2, 0.25) is 0 Å². The summed E-state index contributed by atoms with van der Waals surface area (Å²) in [5.41, 5.74) is 3.58. The lowest BCUT2D eigenvalue weighted by molar-refractivity contribution is -0.199. The van der Waals surface area contributed by atoms with E-state index in [1.54, 1.807) is 5.56 Å². The zero-order chi connectivity index (χ0) is 16.7. The minimum atomic E-state index is 0.581. The highest BCUT2D eigenvalue weighted by molar-refractivity contribution is 7.90. The molecule has 0 aromatic heterocycles. The Morgan fingerprint density at radius 1 is 1.21 bits per heavy atom. The Labute approximate surface area is 148 Å². The number of hydrogen-bond acceptors (Lipinski definition) is 5. The summed E-state index contributed by atoms with van der Waals surface area (Å²) in [4.78, 5) is 4.04. The molecule has 3 aliphatic rings. The lowest BCUT2D eigenvalue weighted by Crippen LogP contribution is -2.41. The third-order valence-electron chi connectivity index (χ3n) is 7.37. The van der Waals surface area contributed by atoms with E-state index in [0.717, 1.165) is 48.2 Å². The summed E-state index contributed by atoms with van der Waals surface area (Å²) in [6.07, 6.45) is 8.06. The number of nitrogens with two attached hydrogens (primary N) is 1. The molecule has 5 atom stereocenters. The van der Waals surface area contributed by atoms with E-state index in [0.29, 0.717) is 5.41 Å². The second-order valence-corrected chi connectivity index (χ2v) is 8.55. The molecule has 2 saturated carbocycles. The van der Waals surface area contributed by atoms with Crippen LogP contribution in [-0.2, 0) is 15.7 Å². The van der Waals surface area contributed by atoms with Gasteiger partial charge in [0.2, 0.25) is 0 Å². The van der Waals surface area contributed by atoms with E-state index in [1.807, 2.05) is 6.07 Å². The molecule has 0 bridgehead atoms. The van der Waals surface area contributed by atoms with Gasteiger partial charge in [0.25, 0.3) is 12.3 Å². The van der Waals surface area contributed by atoms with Gasteiger partial charge in [0, 0.05) is 0 Å². The molecular weight excluding hydrogens is 322 g/mol. The first-order chi connectivity index (χ1) is 11.6. The van der Waals surface area contributed by atoms with Gasteiger partial charge in [-0.25, -0.2) is 0 Å². The van der Waals surface area contributed by atoms with Crippen molar-refractivity contribution in [3.8, 4) is 5.75 Å². The van der Waals surface area contributed by atoms with E-state index in [1.165, 1.54) is 37.7 Å². The summed E-state index contributed by atoms with van der Waals surface area (Å²) in [6.45, 7) is 5.04. The minimum absolute atomic E-state index is 0.581. The van der Waals surface area contributed by atoms with Crippen molar-refractivity contribution in [1.82, 2.24) is 0 Å². The molecule has 4 rings (SSSR count). The van der Waals surface area contributed by atoms with Crippen molar-refractivity contribution in [2.45, 2.75) is 58.3 Å². The van der Waals surface area contributed by atoms with Gasteiger partial charge < -0.3 is 4.18 Å². The van der Waals surface area contributed by atoms with Gasteiger partial charge in [0.15, 0.2) is 0 Å². The van der Waals surface area contributed by atoms with Gasteiger partial charge in [0.05, 0.1) is 0 Å². The lowest BCUT2D eigenvalue weighted by atomic mass is 9.54. The van der Waals surface area contributed by atoms with Crippen molar-refractivity contribution in [2.24, 2.45) is 29.1 Å². The fourth-order valence-electron chi connectivity index (χ4n) is 5.94. The normalized spacial score (nSPS) is 37.5. The van der Waals surface area contributed by atoms with Crippen LogP contribution in [0.4, 0.5) is 0 Å². The number of rotatable bonds is 4. The smallest absolute Gasteiger partial charge is 0.260 e. The fraction of sp³-hybridized carbons (Fsp3) is 0.684. The maximum Gasteiger partial charge on any atom is 0.260 e. The minimum Gasteiger partial charge on any atom is -0.399 e. The third-order valence-corrected chi connectivity index (χ3v) is 7.76. The molecular formula is C19H27NO3S. The Morgan fingerprint density at radius 3 is 2.92 bits per heavy atom. The molecule has 4 unspecified atom stereocenters. The van der Waals surface area contributed by atoms with E-state index in [2.05, 4.69) is 35.3 Å². The van der Waals surface area contributed by atoms with Crippen molar-refractivity contribution in [3.63, 3.8) is 0 Å². The quantitative estimate of drug-likeness (QED) is 0.361. The molecule has 132 valence electrons. The monoisotopic (exact) mass is 349 g/mol. The van der Waals surface area contributed by atoms with Crippen LogP contribution in [0, 0.1) is 23.2 Å². The Balaban J connectivity index is 1.55. The van der Waals surface area contributed by atoms with Crippen LogP contribution in [0.15, 0.2) is 18.2 Å². The summed E-state index contributed by atoms with van der Waals surface area (Å²) in [5, 5.41) is 0. The largest absolute Gasteiger partial charge is 0.399 e. The van der Waals surface area contributed by atoms with Crippen LogP contribution >= 0.6 is 12.3 Å². The summed E-state index contributed by atoms with van der Waals surface area (Å²) in [7, 11) is 0. The molecule has 5 heteroatoms. The molecule has 0 heterocycles. The Morgan fingerprint density at radius 2 is 2.08 bits per heavy atom. The first kappa shape index (κ1) is 16.7. The van der Waals surface area contributed by atoms with Gasteiger partial charge in [-0.15, -0.1) is 9.32 Å². The topological polar surface area (TPSA) is 53.7 Å². The van der Waals surface area contributed by atoms with Crippen molar-refractivity contribution >= 4 is 12.3 Å². The van der Waals surface area contributed by atoms with Crippen LogP contribution < -0.4 is 10.1 Å². The fourth-order valence-corrected chi connectivity index (χ4v) is 6.18. The molecule has 2 fully saturated rings. The number of aryl methyl sites for hydroxylation is 1. The Bertz CT molecular complexity index is 610. The van der Waals surface area contributed by atoms with Gasteiger partial charge in [-0.2, -0.15) is 5.90 Å². The molecule has 1 aromatic rings. The molecule has 0 spiro atoms. The zero-order valence-corrected chi connectivity index (χ0v) is 15.3. The van der Waals surface area contributed by atoms with Crippen LogP contribution in [0.1, 0.15) is 63.0 Å². The lowest BCUT2D eigenvalue weighted by Gasteiger charge is -2.50. The van der Waals surface area contributed by atoms with Crippen molar-refractivity contribution in [2.75, 3.05) is 0 Å². The second-order valence-electron chi connectivity index (χ2n) is 8.11. The van der Waals surface area contributed by atoms with Crippen molar-refractivity contribution in [3.05, 3.63) is 29.3 Å². The van der Waals surface area contributed by atoms with Gasteiger partial charge in [-0.05, 0) is 90.9 Å². The number of hydrogen-bond donors (Lipinski definition) is 1. The maximum absolute atomic E-state index is 5.44. The van der Waals surface area contributed by atoms with Gasteiger partial charge in [0.1, 0.15) is 5.75 Å². The van der Waals surface area contributed by atoms with E-state index in [-0.39, 0.29) is 0 Å². The first-order valence-electron chi connectivity index (χ1n) is 9.13. The highest BCUT2D eigenvalue weighted by atomic mass is 32.2. The molecule has 0 amide bonds. The highest BCUT2D eigenvalue weighted by Gasteiger charge is 2.53. The molecule has 4 nitrogen and oxygen atoms in total. The van der Waals surface area contributed by atoms with Gasteiger partial charge in [-0.3, -0.25) is 0 Å².